The largest absolute Gasteiger partial charge is 0.444 e. The Morgan fingerprint density at radius 2 is 2.12 bits per heavy atom. The van der Waals surface area contributed by atoms with Gasteiger partial charge in [-0.15, -0.1) is 0 Å². The summed E-state index contributed by atoms with van der Waals surface area (Å²) in [4.78, 5) is 26.0. The third-order valence-corrected chi connectivity index (χ3v) is 1.88. The van der Waals surface area contributed by atoms with Crippen molar-refractivity contribution >= 4 is 18.1 Å². The smallest absolute Gasteiger partial charge is 0.412 e. The second kappa shape index (κ2) is 4.95. The van der Waals surface area contributed by atoms with Gasteiger partial charge in [0.25, 0.3) is 0 Å². The molecule has 0 aliphatic heterocycles. The van der Waals surface area contributed by atoms with Gasteiger partial charge in [0, 0.05) is 6.20 Å². The lowest BCUT2D eigenvalue weighted by molar-refractivity contribution is 0.0635. The molecule has 5 heteroatoms. The Hall–Kier alpha value is -1.91. The Kier molecular flexibility index (Phi) is 3.83. The second-order valence-electron chi connectivity index (χ2n) is 4.67. The molecule has 1 amide bonds. The van der Waals surface area contributed by atoms with Crippen LogP contribution in [0.5, 0.6) is 0 Å². The standard InChI is InChI=1S/C12H16N2O3/c1-8-6-13-9(7-15)5-10(8)14-11(16)17-12(2,3)4/h5-7H,1-4H3,(H,13,14,16). The van der Waals surface area contributed by atoms with Crippen LogP contribution in [0.15, 0.2) is 12.3 Å². The molecule has 17 heavy (non-hydrogen) atoms. The number of amides is 1. The van der Waals surface area contributed by atoms with Gasteiger partial charge in [0.1, 0.15) is 11.3 Å². The minimum atomic E-state index is -0.557. The number of hydrogen-bond acceptors (Lipinski definition) is 4. The molecule has 5 nitrogen and oxygen atoms in total. The summed E-state index contributed by atoms with van der Waals surface area (Å²) >= 11 is 0. The predicted octanol–water partition coefficient (Wildman–Crippen LogP) is 2.55. The molecule has 92 valence electrons. The SMILES string of the molecule is Cc1cnc(C=O)cc1NC(=O)OC(C)(C)C. The predicted molar refractivity (Wildman–Crippen MR) is 64.2 cm³/mol. The molecule has 0 bridgehead atoms. The van der Waals surface area contributed by atoms with E-state index in [1.54, 1.807) is 27.7 Å². The van der Waals surface area contributed by atoms with Gasteiger partial charge in [-0.2, -0.15) is 0 Å². The summed E-state index contributed by atoms with van der Waals surface area (Å²) in [5, 5.41) is 2.58. The molecule has 0 radical (unpaired) electrons. The van der Waals surface area contributed by atoms with Crippen LogP contribution in [0, 0.1) is 6.92 Å². The number of nitrogens with one attached hydrogen (secondary N) is 1. The highest BCUT2D eigenvalue weighted by Gasteiger charge is 2.16. The van der Waals surface area contributed by atoms with Crippen LogP contribution in [0.1, 0.15) is 36.8 Å². The molecule has 0 unspecified atom stereocenters. The fraction of sp³-hybridized carbons (Fsp3) is 0.417. The fourth-order valence-corrected chi connectivity index (χ4v) is 1.15. The zero-order valence-electron chi connectivity index (χ0n) is 10.4. The molecular formula is C12H16N2O3. The molecule has 1 heterocycles. The number of hydrogen-bond donors (Lipinski definition) is 1. The van der Waals surface area contributed by atoms with E-state index in [1.165, 1.54) is 12.3 Å². The summed E-state index contributed by atoms with van der Waals surface area (Å²) in [7, 11) is 0. The van der Waals surface area contributed by atoms with Crippen LogP contribution >= 0.6 is 0 Å². The van der Waals surface area contributed by atoms with Crippen molar-refractivity contribution in [1.29, 1.82) is 0 Å². The molecule has 0 spiro atoms. The molecule has 1 aromatic rings. The number of ether oxygens (including phenoxy) is 1. The number of aromatic nitrogens is 1. The van der Waals surface area contributed by atoms with Crippen LogP contribution in [0.2, 0.25) is 0 Å². The number of aryl methyl sites for hydroxylation is 1. The third kappa shape index (κ3) is 4.22. The Labute approximate surface area is 100 Å². The van der Waals surface area contributed by atoms with E-state index in [2.05, 4.69) is 10.3 Å². The summed E-state index contributed by atoms with van der Waals surface area (Å²) in [6, 6.07) is 1.51. The molecule has 0 aliphatic carbocycles. The topological polar surface area (TPSA) is 68.3 Å². The van der Waals surface area contributed by atoms with Crippen molar-refractivity contribution in [3.05, 3.63) is 23.5 Å². The number of pyridine rings is 1. The van der Waals surface area contributed by atoms with E-state index in [0.717, 1.165) is 5.56 Å². The second-order valence-corrected chi connectivity index (χ2v) is 4.67. The first kappa shape index (κ1) is 13.2. The molecule has 1 N–H and O–H groups in total. The highest BCUT2D eigenvalue weighted by Crippen LogP contribution is 2.16. The third-order valence-electron chi connectivity index (χ3n) is 1.88. The van der Waals surface area contributed by atoms with Crippen LogP contribution < -0.4 is 5.32 Å². The zero-order valence-corrected chi connectivity index (χ0v) is 10.4. The summed E-state index contributed by atoms with van der Waals surface area (Å²) < 4.78 is 5.11. The quantitative estimate of drug-likeness (QED) is 0.801. The van der Waals surface area contributed by atoms with Crippen LogP contribution in [0.4, 0.5) is 10.5 Å². The average molecular weight is 236 g/mol. The van der Waals surface area contributed by atoms with Gasteiger partial charge in [0.15, 0.2) is 6.29 Å². The van der Waals surface area contributed by atoms with Crippen molar-refractivity contribution in [3.8, 4) is 0 Å². The van der Waals surface area contributed by atoms with Crippen molar-refractivity contribution in [2.45, 2.75) is 33.3 Å². The van der Waals surface area contributed by atoms with Gasteiger partial charge >= 0.3 is 6.09 Å². The maximum Gasteiger partial charge on any atom is 0.412 e. The van der Waals surface area contributed by atoms with E-state index < -0.39 is 11.7 Å². The Bertz CT molecular complexity index is 436. The lowest BCUT2D eigenvalue weighted by Crippen LogP contribution is -2.27. The molecule has 0 saturated carbocycles. The first-order valence-electron chi connectivity index (χ1n) is 5.23. The lowest BCUT2D eigenvalue weighted by Gasteiger charge is -2.20. The Morgan fingerprint density at radius 1 is 1.47 bits per heavy atom. The van der Waals surface area contributed by atoms with Gasteiger partial charge in [-0.25, -0.2) is 4.79 Å². The van der Waals surface area contributed by atoms with Gasteiger partial charge in [-0.1, -0.05) is 0 Å². The molecular weight excluding hydrogens is 220 g/mol. The van der Waals surface area contributed by atoms with E-state index in [1.807, 2.05) is 0 Å². The monoisotopic (exact) mass is 236 g/mol. The highest BCUT2D eigenvalue weighted by atomic mass is 16.6. The minimum Gasteiger partial charge on any atom is -0.444 e. The van der Waals surface area contributed by atoms with E-state index in [9.17, 15) is 9.59 Å². The molecule has 0 fully saturated rings. The number of aldehydes is 1. The van der Waals surface area contributed by atoms with Crippen molar-refractivity contribution in [3.63, 3.8) is 0 Å². The lowest BCUT2D eigenvalue weighted by atomic mass is 10.2. The van der Waals surface area contributed by atoms with Gasteiger partial charge in [0.2, 0.25) is 0 Å². The first-order valence-corrected chi connectivity index (χ1v) is 5.23. The molecule has 0 atom stereocenters. The molecule has 1 aromatic heterocycles. The van der Waals surface area contributed by atoms with Crippen molar-refractivity contribution < 1.29 is 14.3 Å². The van der Waals surface area contributed by atoms with Gasteiger partial charge in [-0.05, 0) is 39.3 Å². The highest BCUT2D eigenvalue weighted by molar-refractivity contribution is 5.87. The van der Waals surface area contributed by atoms with Crippen LogP contribution in [-0.4, -0.2) is 23.0 Å². The molecule has 0 saturated heterocycles. The Balaban J connectivity index is 2.81. The normalized spacial score (nSPS) is 10.8. The van der Waals surface area contributed by atoms with Crippen molar-refractivity contribution in [2.24, 2.45) is 0 Å². The number of carbonyl (C=O) groups excluding carboxylic acids is 2. The van der Waals surface area contributed by atoms with Crippen molar-refractivity contribution in [1.82, 2.24) is 4.98 Å². The molecule has 0 aliphatic rings. The Morgan fingerprint density at radius 3 is 2.65 bits per heavy atom. The van der Waals surface area contributed by atoms with Gasteiger partial charge in [0.05, 0.1) is 5.69 Å². The van der Waals surface area contributed by atoms with Crippen molar-refractivity contribution in [2.75, 3.05) is 5.32 Å². The summed E-state index contributed by atoms with van der Waals surface area (Å²) in [5.74, 6) is 0. The van der Waals surface area contributed by atoms with Crippen LogP contribution in [0.3, 0.4) is 0 Å². The zero-order chi connectivity index (χ0) is 13.1. The minimum absolute atomic E-state index is 0.265. The summed E-state index contributed by atoms with van der Waals surface area (Å²) in [6.45, 7) is 7.13. The fourth-order valence-electron chi connectivity index (χ4n) is 1.15. The number of nitrogens with zero attached hydrogens (tertiary/aromatic N) is 1. The summed E-state index contributed by atoms with van der Waals surface area (Å²) in [5.41, 5.74) is 0.998. The number of anilines is 1. The van der Waals surface area contributed by atoms with Gasteiger partial charge < -0.3 is 4.74 Å². The molecule has 0 aromatic carbocycles. The first-order chi connectivity index (χ1) is 7.81. The van der Waals surface area contributed by atoms with E-state index in [4.69, 9.17) is 4.74 Å². The van der Waals surface area contributed by atoms with E-state index in [0.29, 0.717) is 12.0 Å². The van der Waals surface area contributed by atoms with Gasteiger partial charge in [-0.3, -0.25) is 15.1 Å². The number of carbonyl (C=O) groups is 2. The van der Waals surface area contributed by atoms with Crippen LogP contribution in [0.25, 0.3) is 0 Å². The van der Waals surface area contributed by atoms with Crippen LogP contribution in [-0.2, 0) is 4.74 Å². The van der Waals surface area contributed by atoms with E-state index >= 15 is 0 Å². The summed E-state index contributed by atoms with van der Waals surface area (Å²) in [6.07, 6.45) is 1.60. The molecule has 1 rings (SSSR count). The average Bonchev–Trinajstić information content (AvgIpc) is 2.18. The maximum absolute atomic E-state index is 11.5. The van der Waals surface area contributed by atoms with E-state index in [-0.39, 0.29) is 5.69 Å². The number of rotatable bonds is 2. The maximum atomic E-state index is 11.5.